The highest BCUT2D eigenvalue weighted by atomic mass is 16.5. The van der Waals surface area contributed by atoms with Crippen molar-refractivity contribution in [2.75, 3.05) is 12.4 Å². The number of carbonyl (C=O) groups excluding carboxylic acids is 1. The number of nitrogens with one attached hydrogen (secondary N) is 1. The van der Waals surface area contributed by atoms with E-state index in [1.807, 2.05) is 32.9 Å². The fourth-order valence-electron chi connectivity index (χ4n) is 3.70. The minimum Gasteiger partial charge on any atom is -0.504 e. The maximum atomic E-state index is 12.5. The number of anilines is 1. The number of aromatic hydroxyl groups is 1. The van der Waals surface area contributed by atoms with Crippen molar-refractivity contribution < 1.29 is 14.6 Å². The van der Waals surface area contributed by atoms with Crippen LogP contribution in [0, 0.1) is 20.8 Å². The molecular formula is C20H21N5O3. The average molecular weight is 379 g/mol. The Kier molecular flexibility index (Phi) is 4.26. The topological polar surface area (TPSA) is 102 Å². The van der Waals surface area contributed by atoms with Gasteiger partial charge in [-0.3, -0.25) is 4.79 Å². The highest BCUT2D eigenvalue weighted by Crippen LogP contribution is 2.41. The average Bonchev–Trinajstić information content (AvgIpc) is 2.96. The molecule has 2 N–H and O–H groups in total. The number of carbonyl (C=O) groups is 1. The number of phenolic OH excluding ortho intramolecular Hbond substituents is 1. The Morgan fingerprint density at radius 1 is 1.18 bits per heavy atom. The number of methoxy groups -OCH3 is 1. The maximum absolute atomic E-state index is 12.5. The molecule has 4 rings (SSSR count). The van der Waals surface area contributed by atoms with Gasteiger partial charge in [0.2, 0.25) is 5.91 Å². The SMILES string of the molecule is COc1ccc(C2CC(=O)Nc3c2c(C)nn3-c2nc(C)cc(C)n2)cc1O. The Hall–Kier alpha value is -3.42. The fraction of sp³-hybridized carbons (Fsp3) is 0.300. The van der Waals surface area contributed by atoms with Crippen LogP contribution in [0.3, 0.4) is 0 Å². The number of phenols is 1. The first-order valence-electron chi connectivity index (χ1n) is 8.96. The monoisotopic (exact) mass is 379 g/mol. The van der Waals surface area contributed by atoms with E-state index in [9.17, 15) is 9.90 Å². The van der Waals surface area contributed by atoms with Crippen LogP contribution in [0.15, 0.2) is 24.3 Å². The lowest BCUT2D eigenvalue weighted by atomic mass is 9.85. The van der Waals surface area contributed by atoms with Crippen molar-refractivity contribution in [1.29, 1.82) is 0 Å². The summed E-state index contributed by atoms with van der Waals surface area (Å²) in [5.41, 5.74) is 4.13. The summed E-state index contributed by atoms with van der Waals surface area (Å²) in [6.45, 7) is 5.68. The number of fused-ring (bicyclic) bond motifs is 1. The van der Waals surface area contributed by atoms with Crippen LogP contribution in [0.5, 0.6) is 11.5 Å². The van der Waals surface area contributed by atoms with Gasteiger partial charge in [-0.2, -0.15) is 9.78 Å². The van der Waals surface area contributed by atoms with Gasteiger partial charge < -0.3 is 15.2 Å². The largest absolute Gasteiger partial charge is 0.504 e. The molecule has 8 heteroatoms. The second kappa shape index (κ2) is 6.63. The van der Waals surface area contributed by atoms with Gasteiger partial charge in [0.25, 0.3) is 5.95 Å². The minimum absolute atomic E-state index is 0.0372. The van der Waals surface area contributed by atoms with Gasteiger partial charge >= 0.3 is 0 Å². The van der Waals surface area contributed by atoms with Gasteiger partial charge in [-0.05, 0) is 44.5 Å². The summed E-state index contributed by atoms with van der Waals surface area (Å²) in [4.78, 5) is 21.4. The molecule has 0 radical (unpaired) electrons. The Morgan fingerprint density at radius 2 is 1.89 bits per heavy atom. The van der Waals surface area contributed by atoms with Gasteiger partial charge in [0.05, 0.1) is 12.8 Å². The first kappa shape index (κ1) is 18.0. The number of nitrogens with zero attached hydrogens (tertiary/aromatic N) is 4. The molecule has 1 aliphatic rings. The van der Waals surface area contributed by atoms with E-state index in [-0.39, 0.29) is 24.0 Å². The number of hydrogen-bond donors (Lipinski definition) is 2. The van der Waals surface area contributed by atoms with Crippen molar-refractivity contribution in [3.63, 3.8) is 0 Å². The van der Waals surface area contributed by atoms with Crippen LogP contribution in [0.25, 0.3) is 5.95 Å². The summed E-state index contributed by atoms with van der Waals surface area (Å²) >= 11 is 0. The number of hydrogen-bond acceptors (Lipinski definition) is 6. The second-order valence-corrected chi connectivity index (χ2v) is 6.95. The van der Waals surface area contributed by atoms with E-state index >= 15 is 0 Å². The predicted octanol–water partition coefficient (Wildman–Crippen LogP) is 2.78. The van der Waals surface area contributed by atoms with E-state index in [1.165, 1.54) is 7.11 Å². The van der Waals surface area contributed by atoms with Gasteiger partial charge in [-0.25, -0.2) is 9.97 Å². The third kappa shape index (κ3) is 2.96. The Balaban J connectivity index is 1.87. The van der Waals surface area contributed by atoms with Crippen LogP contribution >= 0.6 is 0 Å². The summed E-state index contributed by atoms with van der Waals surface area (Å²) < 4.78 is 6.71. The molecule has 0 saturated carbocycles. The van der Waals surface area contributed by atoms with Crippen molar-refractivity contribution >= 4 is 11.7 Å². The van der Waals surface area contributed by atoms with Gasteiger partial charge in [-0.1, -0.05) is 6.07 Å². The van der Waals surface area contributed by atoms with Crippen molar-refractivity contribution in [3.05, 3.63) is 52.5 Å². The molecule has 0 aliphatic carbocycles. The van der Waals surface area contributed by atoms with E-state index in [0.717, 1.165) is 28.2 Å². The predicted molar refractivity (Wildman–Crippen MR) is 103 cm³/mol. The Bertz CT molecular complexity index is 1070. The molecule has 144 valence electrons. The zero-order chi connectivity index (χ0) is 20.0. The molecule has 3 heterocycles. The molecule has 2 aromatic heterocycles. The minimum atomic E-state index is -0.236. The number of benzene rings is 1. The lowest BCUT2D eigenvalue weighted by Crippen LogP contribution is -2.25. The number of ether oxygens (including phenoxy) is 1. The molecular weight excluding hydrogens is 358 g/mol. The highest BCUT2D eigenvalue weighted by Gasteiger charge is 2.33. The Labute approximate surface area is 162 Å². The van der Waals surface area contributed by atoms with Crippen molar-refractivity contribution in [2.45, 2.75) is 33.1 Å². The van der Waals surface area contributed by atoms with Crippen LogP contribution in [-0.4, -0.2) is 37.9 Å². The van der Waals surface area contributed by atoms with Gasteiger partial charge in [0.15, 0.2) is 11.5 Å². The smallest absolute Gasteiger partial charge is 0.252 e. The molecule has 1 amide bonds. The van der Waals surface area contributed by atoms with Crippen LogP contribution in [0.4, 0.5) is 5.82 Å². The molecule has 0 bridgehead atoms. The third-order valence-electron chi connectivity index (χ3n) is 4.87. The molecule has 8 nitrogen and oxygen atoms in total. The Morgan fingerprint density at radius 3 is 2.54 bits per heavy atom. The first-order valence-corrected chi connectivity index (χ1v) is 8.96. The number of aryl methyl sites for hydroxylation is 3. The lowest BCUT2D eigenvalue weighted by molar-refractivity contribution is -0.116. The summed E-state index contributed by atoms with van der Waals surface area (Å²) in [6.07, 6.45) is 0.263. The molecule has 0 spiro atoms. The van der Waals surface area contributed by atoms with E-state index in [0.29, 0.717) is 17.5 Å². The molecule has 1 aromatic carbocycles. The van der Waals surface area contributed by atoms with Gasteiger partial charge in [0, 0.05) is 29.3 Å². The van der Waals surface area contributed by atoms with Crippen LogP contribution in [0.1, 0.15) is 40.5 Å². The molecule has 1 atom stereocenters. The zero-order valence-electron chi connectivity index (χ0n) is 16.1. The van der Waals surface area contributed by atoms with E-state index in [1.54, 1.807) is 16.8 Å². The van der Waals surface area contributed by atoms with Gasteiger partial charge in [0.1, 0.15) is 5.82 Å². The fourth-order valence-corrected chi connectivity index (χ4v) is 3.70. The van der Waals surface area contributed by atoms with Crippen molar-refractivity contribution in [1.82, 2.24) is 19.7 Å². The maximum Gasteiger partial charge on any atom is 0.252 e. The summed E-state index contributed by atoms with van der Waals surface area (Å²) in [7, 11) is 1.50. The second-order valence-electron chi connectivity index (χ2n) is 6.95. The standard InChI is InChI=1S/C20H21N5O3/c1-10-7-11(2)22-20(21-10)25-19-18(12(3)24-25)14(9-17(27)23-19)13-5-6-16(28-4)15(26)8-13/h5-8,14,26H,9H2,1-4H3,(H,23,27). The normalized spacial score (nSPS) is 15.9. The quantitative estimate of drug-likeness (QED) is 0.725. The van der Waals surface area contributed by atoms with Crippen molar-refractivity contribution in [3.8, 4) is 17.4 Å². The third-order valence-corrected chi connectivity index (χ3v) is 4.87. The zero-order valence-corrected chi connectivity index (χ0v) is 16.1. The van der Waals surface area contributed by atoms with E-state index in [2.05, 4.69) is 20.4 Å². The molecule has 1 unspecified atom stereocenters. The number of amides is 1. The summed E-state index contributed by atoms with van der Waals surface area (Å²) in [5, 5.41) is 17.7. The highest BCUT2D eigenvalue weighted by molar-refractivity contribution is 5.95. The van der Waals surface area contributed by atoms with Crippen molar-refractivity contribution in [2.24, 2.45) is 0 Å². The van der Waals surface area contributed by atoms with Crippen LogP contribution in [-0.2, 0) is 4.79 Å². The van der Waals surface area contributed by atoms with Crippen LogP contribution < -0.4 is 10.1 Å². The molecule has 0 fully saturated rings. The lowest BCUT2D eigenvalue weighted by Gasteiger charge is -2.24. The molecule has 3 aromatic rings. The van der Waals surface area contributed by atoms with Gasteiger partial charge in [-0.15, -0.1) is 0 Å². The molecule has 0 saturated heterocycles. The first-order chi connectivity index (χ1) is 13.4. The summed E-state index contributed by atoms with van der Waals surface area (Å²) in [5.74, 6) is 1.05. The molecule has 1 aliphatic heterocycles. The van der Waals surface area contributed by atoms with E-state index < -0.39 is 0 Å². The molecule has 28 heavy (non-hydrogen) atoms. The summed E-state index contributed by atoms with van der Waals surface area (Å²) in [6, 6.07) is 7.07. The van der Waals surface area contributed by atoms with E-state index in [4.69, 9.17) is 4.74 Å². The number of rotatable bonds is 3. The van der Waals surface area contributed by atoms with Crippen LogP contribution in [0.2, 0.25) is 0 Å². The number of aromatic nitrogens is 4.